The third-order valence-electron chi connectivity index (χ3n) is 1.41. The Morgan fingerprint density at radius 3 is 2.25 bits per heavy atom. The fourth-order valence-corrected chi connectivity index (χ4v) is 0.829. The van der Waals surface area contributed by atoms with Gasteiger partial charge in [-0.1, -0.05) is 33.8 Å². The predicted molar refractivity (Wildman–Crippen MR) is 49.6 cm³/mol. The molecular formula is C10H16FN. The van der Waals surface area contributed by atoms with Crippen LogP contribution in [0.5, 0.6) is 0 Å². The van der Waals surface area contributed by atoms with Crippen molar-refractivity contribution in [3.8, 4) is 0 Å². The molecule has 1 aromatic rings. The molecule has 0 spiro atoms. The van der Waals surface area contributed by atoms with E-state index in [9.17, 15) is 4.39 Å². The fourth-order valence-electron chi connectivity index (χ4n) is 0.829. The molecule has 0 aliphatic carbocycles. The minimum atomic E-state index is -0.350. The number of halogens is 1. The van der Waals surface area contributed by atoms with Crippen LogP contribution in [0.3, 0.4) is 0 Å². The number of hydrogen-bond donors (Lipinski definition) is 0. The molecule has 0 saturated carbocycles. The summed E-state index contributed by atoms with van der Waals surface area (Å²) in [6, 6.07) is 3.51. The molecule has 0 radical (unpaired) electrons. The molecule has 1 rings (SSSR count). The third-order valence-corrected chi connectivity index (χ3v) is 1.41. The SMILES string of the molecule is CC.CC(C)c1cccnc1F. The maximum atomic E-state index is 12.7. The number of rotatable bonds is 1. The van der Waals surface area contributed by atoms with Crippen molar-refractivity contribution in [2.45, 2.75) is 33.6 Å². The number of aromatic nitrogens is 1. The summed E-state index contributed by atoms with van der Waals surface area (Å²) in [4.78, 5) is 3.53. The first-order chi connectivity index (χ1) is 5.72. The summed E-state index contributed by atoms with van der Waals surface area (Å²) >= 11 is 0. The van der Waals surface area contributed by atoms with E-state index in [4.69, 9.17) is 0 Å². The molecule has 1 aromatic heterocycles. The highest BCUT2D eigenvalue weighted by Gasteiger charge is 2.04. The van der Waals surface area contributed by atoms with Crippen molar-refractivity contribution in [1.82, 2.24) is 4.98 Å². The van der Waals surface area contributed by atoms with Crippen LogP contribution in [0.2, 0.25) is 0 Å². The van der Waals surface area contributed by atoms with Gasteiger partial charge in [0.05, 0.1) is 0 Å². The highest BCUT2D eigenvalue weighted by atomic mass is 19.1. The Kier molecular flexibility index (Phi) is 5.26. The van der Waals surface area contributed by atoms with Crippen LogP contribution < -0.4 is 0 Å². The molecule has 12 heavy (non-hydrogen) atoms. The largest absolute Gasteiger partial charge is 0.228 e. The Morgan fingerprint density at radius 1 is 1.33 bits per heavy atom. The molecule has 0 unspecified atom stereocenters. The Bertz CT molecular complexity index is 221. The maximum absolute atomic E-state index is 12.7. The average Bonchev–Trinajstić information content (AvgIpc) is 2.08. The summed E-state index contributed by atoms with van der Waals surface area (Å²) in [6.45, 7) is 7.89. The Hall–Kier alpha value is -0.920. The van der Waals surface area contributed by atoms with E-state index in [1.807, 2.05) is 27.7 Å². The van der Waals surface area contributed by atoms with E-state index in [1.54, 1.807) is 12.1 Å². The number of hydrogen-bond acceptors (Lipinski definition) is 1. The highest BCUT2D eigenvalue weighted by molar-refractivity contribution is 5.14. The zero-order chi connectivity index (χ0) is 9.56. The van der Waals surface area contributed by atoms with Crippen molar-refractivity contribution >= 4 is 0 Å². The summed E-state index contributed by atoms with van der Waals surface area (Å²) in [5, 5.41) is 0. The molecule has 0 fully saturated rings. The van der Waals surface area contributed by atoms with Gasteiger partial charge in [-0.3, -0.25) is 0 Å². The van der Waals surface area contributed by atoms with Crippen molar-refractivity contribution in [3.05, 3.63) is 29.8 Å². The van der Waals surface area contributed by atoms with E-state index in [0.717, 1.165) is 0 Å². The number of nitrogens with zero attached hydrogens (tertiary/aromatic N) is 1. The van der Waals surface area contributed by atoms with Crippen molar-refractivity contribution < 1.29 is 4.39 Å². The van der Waals surface area contributed by atoms with E-state index in [1.165, 1.54) is 6.20 Å². The van der Waals surface area contributed by atoms with Gasteiger partial charge < -0.3 is 0 Å². The Labute approximate surface area is 73.6 Å². The van der Waals surface area contributed by atoms with Crippen LogP contribution in [0.1, 0.15) is 39.2 Å². The van der Waals surface area contributed by atoms with E-state index in [-0.39, 0.29) is 11.9 Å². The van der Waals surface area contributed by atoms with E-state index in [2.05, 4.69) is 4.98 Å². The lowest BCUT2D eigenvalue weighted by atomic mass is 10.1. The summed E-state index contributed by atoms with van der Waals surface area (Å²) in [5.41, 5.74) is 0.683. The monoisotopic (exact) mass is 169 g/mol. The fraction of sp³-hybridized carbons (Fsp3) is 0.500. The summed E-state index contributed by atoms with van der Waals surface area (Å²) in [6.07, 6.45) is 1.46. The quantitative estimate of drug-likeness (QED) is 0.587. The normalized spacial score (nSPS) is 9.17. The van der Waals surface area contributed by atoms with Crippen molar-refractivity contribution in [1.29, 1.82) is 0 Å². The average molecular weight is 169 g/mol. The standard InChI is InChI=1S/C8H10FN.C2H6/c1-6(2)7-4-3-5-10-8(7)9;1-2/h3-6H,1-2H3;1-2H3. The predicted octanol–water partition coefficient (Wildman–Crippen LogP) is 3.37. The van der Waals surface area contributed by atoms with Gasteiger partial charge in [-0.25, -0.2) is 4.98 Å². The molecule has 0 N–H and O–H groups in total. The maximum Gasteiger partial charge on any atom is 0.216 e. The van der Waals surface area contributed by atoms with Crippen LogP contribution in [0.15, 0.2) is 18.3 Å². The lowest BCUT2D eigenvalue weighted by molar-refractivity contribution is 0.557. The summed E-state index contributed by atoms with van der Waals surface area (Å²) < 4.78 is 12.7. The zero-order valence-corrected chi connectivity index (χ0v) is 8.13. The second kappa shape index (κ2) is 5.70. The van der Waals surface area contributed by atoms with Crippen LogP contribution in [0, 0.1) is 5.95 Å². The van der Waals surface area contributed by atoms with Crippen LogP contribution in [0.4, 0.5) is 4.39 Å². The van der Waals surface area contributed by atoms with Gasteiger partial charge in [-0.15, -0.1) is 0 Å². The second-order valence-corrected chi connectivity index (χ2v) is 2.54. The lowest BCUT2D eigenvalue weighted by Gasteiger charge is -2.03. The molecule has 0 aliphatic rings. The van der Waals surface area contributed by atoms with Gasteiger partial charge in [-0.05, 0) is 12.0 Å². The molecule has 1 heterocycles. The summed E-state index contributed by atoms with van der Waals surface area (Å²) in [7, 11) is 0. The molecule has 0 aliphatic heterocycles. The van der Waals surface area contributed by atoms with E-state index >= 15 is 0 Å². The molecular weight excluding hydrogens is 153 g/mol. The molecule has 2 heteroatoms. The molecule has 1 nitrogen and oxygen atoms in total. The van der Waals surface area contributed by atoms with Gasteiger partial charge in [0.1, 0.15) is 0 Å². The topological polar surface area (TPSA) is 12.9 Å². The first-order valence-corrected chi connectivity index (χ1v) is 4.32. The first kappa shape index (κ1) is 11.1. The second-order valence-electron chi connectivity index (χ2n) is 2.54. The number of pyridine rings is 1. The first-order valence-electron chi connectivity index (χ1n) is 4.32. The van der Waals surface area contributed by atoms with E-state index < -0.39 is 0 Å². The van der Waals surface area contributed by atoms with Gasteiger partial charge in [0.25, 0.3) is 0 Å². The van der Waals surface area contributed by atoms with E-state index in [0.29, 0.717) is 5.56 Å². The van der Waals surface area contributed by atoms with Crippen molar-refractivity contribution in [2.75, 3.05) is 0 Å². The van der Waals surface area contributed by atoms with Gasteiger partial charge in [0.2, 0.25) is 5.95 Å². The van der Waals surface area contributed by atoms with Crippen LogP contribution >= 0.6 is 0 Å². The van der Waals surface area contributed by atoms with Crippen molar-refractivity contribution in [3.63, 3.8) is 0 Å². The Morgan fingerprint density at radius 2 is 1.92 bits per heavy atom. The highest BCUT2D eigenvalue weighted by Crippen LogP contribution is 2.14. The molecule has 0 bridgehead atoms. The third kappa shape index (κ3) is 2.99. The minimum absolute atomic E-state index is 0.216. The molecule has 0 atom stereocenters. The van der Waals surface area contributed by atoms with Crippen molar-refractivity contribution in [2.24, 2.45) is 0 Å². The van der Waals surface area contributed by atoms with Gasteiger partial charge >= 0.3 is 0 Å². The van der Waals surface area contributed by atoms with Gasteiger partial charge in [0, 0.05) is 11.8 Å². The van der Waals surface area contributed by atoms with Gasteiger partial charge in [-0.2, -0.15) is 4.39 Å². The molecule has 0 saturated heterocycles. The van der Waals surface area contributed by atoms with Gasteiger partial charge in [0.15, 0.2) is 0 Å². The smallest absolute Gasteiger partial charge is 0.216 e. The lowest BCUT2D eigenvalue weighted by Crippen LogP contribution is -1.94. The Balaban J connectivity index is 0.000000561. The summed E-state index contributed by atoms with van der Waals surface area (Å²) in [5.74, 6) is -0.133. The van der Waals surface area contributed by atoms with Crippen LogP contribution in [0.25, 0.3) is 0 Å². The van der Waals surface area contributed by atoms with Crippen LogP contribution in [-0.2, 0) is 0 Å². The zero-order valence-electron chi connectivity index (χ0n) is 8.13. The van der Waals surface area contributed by atoms with Crippen LogP contribution in [-0.4, -0.2) is 4.98 Å². The molecule has 0 aromatic carbocycles. The molecule has 0 amide bonds. The minimum Gasteiger partial charge on any atom is -0.228 e. The molecule has 68 valence electrons.